The monoisotopic (exact) mass is 161 g/mol. The molecule has 0 aliphatic heterocycles. The Morgan fingerprint density at radius 2 is 2.17 bits per heavy atom. The molecule has 12 heavy (non-hydrogen) atoms. The molecular formula is C10H11NO. The molecule has 0 saturated carbocycles. The van der Waals surface area contributed by atoms with Crippen LogP contribution in [0.3, 0.4) is 0 Å². The van der Waals surface area contributed by atoms with E-state index in [0.717, 1.165) is 11.1 Å². The Balaban J connectivity index is 3.30. The van der Waals surface area contributed by atoms with Crippen LogP contribution in [0.1, 0.15) is 11.1 Å². The average molecular weight is 161 g/mol. The van der Waals surface area contributed by atoms with Crippen LogP contribution in [0.25, 0.3) is 11.8 Å². The van der Waals surface area contributed by atoms with Crippen LogP contribution in [-0.4, -0.2) is 5.11 Å². The summed E-state index contributed by atoms with van der Waals surface area (Å²) >= 11 is 0. The molecule has 0 spiro atoms. The lowest BCUT2D eigenvalue weighted by Crippen LogP contribution is -1.96. The number of phenolic OH excluding ortho intramolecular Hbond substituents is 1. The second-order valence-corrected chi connectivity index (χ2v) is 2.50. The Labute approximate surface area is 71.6 Å². The number of benzene rings is 1. The van der Waals surface area contributed by atoms with Crippen molar-refractivity contribution in [2.75, 3.05) is 0 Å². The van der Waals surface area contributed by atoms with E-state index in [1.807, 2.05) is 0 Å². The first-order valence-corrected chi connectivity index (χ1v) is 3.55. The van der Waals surface area contributed by atoms with Crippen molar-refractivity contribution in [3.63, 3.8) is 0 Å². The van der Waals surface area contributed by atoms with Crippen LogP contribution < -0.4 is 5.73 Å². The SMILES string of the molecule is C=Cc1ccc(O)cc1C(=C)N. The first-order valence-electron chi connectivity index (χ1n) is 3.55. The zero-order chi connectivity index (χ0) is 9.14. The molecule has 0 saturated heterocycles. The summed E-state index contributed by atoms with van der Waals surface area (Å²) in [4.78, 5) is 0. The Morgan fingerprint density at radius 1 is 1.50 bits per heavy atom. The highest BCUT2D eigenvalue weighted by Crippen LogP contribution is 2.20. The molecule has 0 aromatic heterocycles. The van der Waals surface area contributed by atoms with Gasteiger partial charge >= 0.3 is 0 Å². The third kappa shape index (κ3) is 1.48. The molecule has 0 aliphatic rings. The van der Waals surface area contributed by atoms with Gasteiger partial charge in [0, 0.05) is 11.3 Å². The van der Waals surface area contributed by atoms with Gasteiger partial charge in [-0.1, -0.05) is 25.3 Å². The molecule has 2 heteroatoms. The van der Waals surface area contributed by atoms with E-state index in [4.69, 9.17) is 10.8 Å². The van der Waals surface area contributed by atoms with Crippen LogP contribution in [0.5, 0.6) is 5.75 Å². The molecule has 0 radical (unpaired) electrons. The van der Waals surface area contributed by atoms with E-state index in [2.05, 4.69) is 13.2 Å². The quantitative estimate of drug-likeness (QED) is 0.696. The molecule has 0 fully saturated rings. The predicted octanol–water partition coefficient (Wildman–Crippen LogP) is 1.96. The molecule has 0 heterocycles. The van der Waals surface area contributed by atoms with Gasteiger partial charge in [-0.25, -0.2) is 0 Å². The number of rotatable bonds is 2. The van der Waals surface area contributed by atoms with Crippen molar-refractivity contribution in [3.05, 3.63) is 42.5 Å². The van der Waals surface area contributed by atoms with Crippen LogP contribution in [0.15, 0.2) is 31.4 Å². The topological polar surface area (TPSA) is 46.2 Å². The lowest BCUT2D eigenvalue weighted by atomic mass is 10.1. The summed E-state index contributed by atoms with van der Waals surface area (Å²) in [6, 6.07) is 4.90. The van der Waals surface area contributed by atoms with Gasteiger partial charge in [-0.3, -0.25) is 0 Å². The average Bonchev–Trinajstić information content (AvgIpc) is 2.04. The molecule has 0 unspecified atom stereocenters. The van der Waals surface area contributed by atoms with Crippen LogP contribution in [0, 0.1) is 0 Å². The third-order valence-corrected chi connectivity index (χ3v) is 1.60. The van der Waals surface area contributed by atoms with Gasteiger partial charge < -0.3 is 10.8 Å². The van der Waals surface area contributed by atoms with Crippen molar-refractivity contribution in [2.24, 2.45) is 5.73 Å². The van der Waals surface area contributed by atoms with Gasteiger partial charge in [-0.05, 0) is 17.7 Å². The summed E-state index contributed by atoms with van der Waals surface area (Å²) in [6.07, 6.45) is 1.67. The fourth-order valence-electron chi connectivity index (χ4n) is 1.00. The number of hydrogen-bond donors (Lipinski definition) is 2. The van der Waals surface area contributed by atoms with Crippen LogP contribution in [0.4, 0.5) is 0 Å². The minimum Gasteiger partial charge on any atom is -0.508 e. The Morgan fingerprint density at radius 3 is 2.67 bits per heavy atom. The maximum Gasteiger partial charge on any atom is 0.116 e. The highest BCUT2D eigenvalue weighted by molar-refractivity contribution is 5.71. The van der Waals surface area contributed by atoms with Gasteiger partial charge in [0.2, 0.25) is 0 Å². The Hall–Kier alpha value is -1.70. The van der Waals surface area contributed by atoms with Crippen molar-refractivity contribution in [1.82, 2.24) is 0 Å². The fraction of sp³-hybridized carbons (Fsp3) is 0. The van der Waals surface area contributed by atoms with Crippen LogP contribution in [-0.2, 0) is 0 Å². The maximum atomic E-state index is 9.15. The van der Waals surface area contributed by atoms with E-state index < -0.39 is 0 Å². The first kappa shape index (κ1) is 8.40. The van der Waals surface area contributed by atoms with Crippen molar-refractivity contribution in [2.45, 2.75) is 0 Å². The van der Waals surface area contributed by atoms with Gasteiger partial charge in [0.05, 0.1) is 0 Å². The van der Waals surface area contributed by atoms with Crippen molar-refractivity contribution in [1.29, 1.82) is 0 Å². The minimum atomic E-state index is 0.183. The largest absolute Gasteiger partial charge is 0.508 e. The fourth-order valence-corrected chi connectivity index (χ4v) is 1.00. The Bertz CT molecular complexity index is 329. The van der Waals surface area contributed by atoms with Gasteiger partial charge in [-0.15, -0.1) is 0 Å². The summed E-state index contributed by atoms with van der Waals surface area (Å²) in [5, 5.41) is 9.15. The summed E-state index contributed by atoms with van der Waals surface area (Å²) in [7, 11) is 0. The highest BCUT2D eigenvalue weighted by atomic mass is 16.3. The standard InChI is InChI=1S/C10H11NO/c1-3-8-4-5-9(12)6-10(8)7(2)11/h3-6,12H,1-2,11H2. The molecule has 0 atom stereocenters. The molecule has 1 aromatic rings. The lowest BCUT2D eigenvalue weighted by Gasteiger charge is -2.04. The number of aromatic hydroxyl groups is 1. The number of hydrogen-bond acceptors (Lipinski definition) is 2. The Kier molecular flexibility index (Phi) is 2.19. The summed E-state index contributed by atoms with van der Waals surface area (Å²) in [5.74, 6) is 0.183. The van der Waals surface area contributed by atoms with Crippen molar-refractivity contribution >= 4 is 11.8 Å². The smallest absolute Gasteiger partial charge is 0.116 e. The van der Waals surface area contributed by atoms with E-state index in [1.54, 1.807) is 24.3 Å². The molecule has 0 bridgehead atoms. The molecule has 62 valence electrons. The normalized spacial score (nSPS) is 9.33. The van der Waals surface area contributed by atoms with Crippen molar-refractivity contribution in [3.8, 4) is 5.75 Å². The van der Waals surface area contributed by atoms with Gasteiger partial charge in [-0.2, -0.15) is 0 Å². The van der Waals surface area contributed by atoms with E-state index in [0.29, 0.717) is 5.70 Å². The maximum absolute atomic E-state index is 9.15. The number of phenols is 1. The molecule has 0 amide bonds. The molecule has 3 N–H and O–H groups in total. The highest BCUT2D eigenvalue weighted by Gasteiger charge is 2.01. The van der Waals surface area contributed by atoms with E-state index >= 15 is 0 Å². The predicted molar refractivity (Wildman–Crippen MR) is 51.4 cm³/mol. The molecule has 1 rings (SSSR count). The summed E-state index contributed by atoms with van der Waals surface area (Å²) < 4.78 is 0. The zero-order valence-electron chi connectivity index (χ0n) is 6.75. The van der Waals surface area contributed by atoms with Crippen LogP contribution in [0.2, 0.25) is 0 Å². The summed E-state index contributed by atoms with van der Waals surface area (Å²) in [5.41, 5.74) is 7.54. The third-order valence-electron chi connectivity index (χ3n) is 1.60. The minimum absolute atomic E-state index is 0.183. The second-order valence-electron chi connectivity index (χ2n) is 2.50. The molecule has 1 aromatic carbocycles. The number of nitrogens with two attached hydrogens (primary N) is 1. The van der Waals surface area contributed by atoms with E-state index in [1.165, 1.54) is 0 Å². The lowest BCUT2D eigenvalue weighted by molar-refractivity contribution is 0.475. The van der Waals surface area contributed by atoms with Crippen molar-refractivity contribution < 1.29 is 5.11 Å². The van der Waals surface area contributed by atoms with E-state index in [9.17, 15) is 0 Å². The van der Waals surface area contributed by atoms with Gasteiger partial charge in [0.25, 0.3) is 0 Å². The second kappa shape index (κ2) is 3.13. The van der Waals surface area contributed by atoms with E-state index in [-0.39, 0.29) is 5.75 Å². The zero-order valence-corrected chi connectivity index (χ0v) is 6.75. The van der Waals surface area contributed by atoms with Crippen LogP contribution >= 0.6 is 0 Å². The first-order chi connectivity index (χ1) is 5.65. The van der Waals surface area contributed by atoms with Gasteiger partial charge in [0.1, 0.15) is 5.75 Å². The van der Waals surface area contributed by atoms with Gasteiger partial charge in [0.15, 0.2) is 0 Å². The molecule has 2 nitrogen and oxygen atoms in total. The summed E-state index contributed by atoms with van der Waals surface area (Å²) in [6.45, 7) is 7.22. The molecular weight excluding hydrogens is 150 g/mol. The molecule has 0 aliphatic carbocycles.